The van der Waals surface area contributed by atoms with E-state index in [1.807, 2.05) is 18.2 Å². The largest absolute Gasteiger partial charge is 0.383 e. The Bertz CT molecular complexity index is 423. The zero-order chi connectivity index (χ0) is 13.7. The molecule has 100 valence electrons. The molecular weight excluding hydrogens is 409 g/mol. The van der Waals surface area contributed by atoms with Crippen LogP contribution in [0.3, 0.4) is 0 Å². The topological polar surface area (TPSA) is 38.3 Å². The molecule has 18 heavy (non-hydrogen) atoms. The fourth-order valence-electron chi connectivity index (χ4n) is 1.50. The number of nitrogens with one attached hydrogen (secondary N) is 1. The van der Waals surface area contributed by atoms with E-state index in [4.69, 9.17) is 4.74 Å². The second kappa shape index (κ2) is 7.45. The average molecular weight is 426 g/mol. The van der Waals surface area contributed by atoms with Gasteiger partial charge in [0.15, 0.2) is 0 Å². The van der Waals surface area contributed by atoms with E-state index in [0.717, 1.165) is 8.04 Å². The zero-order valence-corrected chi connectivity index (χ0v) is 14.4. The summed E-state index contributed by atoms with van der Waals surface area (Å²) in [6.45, 7) is 4.65. The molecule has 3 nitrogen and oxygen atoms in total. The predicted molar refractivity (Wildman–Crippen MR) is 84.8 cm³/mol. The molecular formula is C13H17BrINO2. The number of rotatable bonds is 5. The first-order valence-electron chi connectivity index (χ1n) is 5.70. The molecule has 0 aliphatic rings. The SMILES string of the molecule is COCC(NC(=O)c1cc(I)ccc1Br)C(C)C. The van der Waals surface area contributed by atoms with Crippen LogP contribution >= 0.6 is 38.5 Å². The molecule has 1 aromatic rings. The third kappa shape index (κ3) is 4.51. The third-order valence-corrected chi connectivity index (χ3v) is 4.00. The molecule has 0 aromatic heterocycles. The van der Waals surface area contributed by atoms with Crippen molar-refractivity contribution < 1.29 is 9.53 Å². The number of benzene rings is 1. The maximum absolute atomic E-state index is 12.2. The van der Waals surface area contributed by atoms with Crippen LogP contribution in [0.2, 0.25) is 0 Å². The fourth-order valence-corrected chi connectivity index (χ4v) is 2.42. The van der Waals surface area contributed by atoms with E-state index in [9.17, 15) is 4.79 Å². The summed E-state index contributed by atoms with van der Waals surface area (Å²) < 4.78 is 6.97. The van der Waals surface area contributed by atoms with Gasteiger partial charge in [0.05, 0.1) is 18.2 Å². The first-order valence-corrected chi connectivity index (χ1v) is 7.57. The van der Waals surface area contributed by atoms with Crippen LogP contribution in [0.5, 0.6) is 0 Å². The van der Waals surface area contributed by atoms with Gasteiger partial charge in [0, 0.05) is 15.2 Å². The lowest BCUT2D eigenvalue weighted by molar-refractivity contribution is 0.0866. The summed E-state index contributed by atoms with van der Waals surface area (Å²) in [6, 6.07) is 5.73. The third-order valence-electron chi connectivity index (χ3n) is 2.64. The van der Waals surface area contributed by atoms with E-state index in [1.54, 1.807) is 7.11 Å². The molecule has 0 heterocycles. The van der Waals surface area contributed by atoms with Gasteiger partial charge < -0.3 is 10.1 Å². The van der Waals surface area contributed by atoms with E-state index in [0.29, 0.717) is 18.1 Å². The highest BCUT2D eigenvalue weighted by atomic mass is 127. The second-order valence-corrected chi connectivity index (χ2v) is 6.50. The van der Waals surface area contributed by atoms with Crippen LogP contribution in [-0.4, -0.2) is 25.7 Å². The lowest BCUT2D eigenvalue weighted by Gasteiger charge is -2.21. The van der Waals surface area contributed by atoms with Crippen LogP contribution in [0, 0.1) is 9.49 Å². The Kier molecular flexibility index (Phi) is 6.59. The van der Waals surface area contributed by atoms with Gasteiger partial charge in [-0.15, -0.1) is 0 Å². The number of hydrogen-bond donors (Lipinski definition) is 1. The maximum atomic E-state index is 12.2. The summed E-state index contributed by atoms with van der Waals surface area (Å²) in [5.74, 6) is 0.256. The van der Waals surface area contributed by atoms with Crippen molar-refractivity contribution in [3.8, 4) is 0 Å². The molecule has 0 saturated carbocycles. The molecule has 0 bridgehead atoms. The second-order valence-electron chi connectivity index (χ2n) is 4.40. The number of carbonyl (C=O) groups is 1. The van der Waals surface area contributed by atoms with Gasteiger partial charge in [-0.05, 0) is 62.6 Å². The normalized spacial score (nSPS) is 12.6. The Labute approximate surface area is 130 Å². The molecule has 1 amide bonds. The van der Waals surface area contributed by atoms with Crippen LogP contribution in [0.1, 0.15) is 24.2 Å². The minimum atomic E-state index is -0.0730. The summed E-state index contributed by atoms with van der Waals surface area (Å²) >= 11 is 5.60. The molecule has 1 rings (SSSR count). The van der Waals surface area contributed by atoms with E-state index in [-0.39, 0.29) is 11.9 Å². The lowest BCUT2D eigenvalue weighted by Crippen LogP contribution is -2.41. The van der Waals surface area contributed by atoms with Gasteiger partial charge in [-0.3, -0.25) is 4.79 Å². The van der Waals surface area contributed by atoms with E-state index >= 15 is 0 Å². The smallest absolute Gasteiger partial charge is 0.252 e. The molecule has 1 N–H and O–H groups in total. The van der Waals surface area contributed by atoms with Gasteiger partial charge in [-0.2, -0.15) is 0 Å². The Morgan fingerprint density at radius 3 is 2.72 bits per heavy atom. The van der Waals surface area contributed by atoms with Crippen molar-refractivity contribution in [2.75, 3.05) is 13.7 Å². The molecule has 0 saturated heterocycles. The predicted octanol–water partition coefficient (Wildman–Crippen LogP) is 3.45. The molecule has 0 radical (unpaired) electrons. The monoisotopic (exact) mass is 425 g/mol. The molecule has 0 aliphatic heterocycles. The molecule has 5 heteroatoms. The van der Waals surface area contributed by atoms with Gasteiger partial charge >= 0.3 is 0 Å². The molecule has 1 aromatic carbocycles. The highest BCUT2D eigenvalue weighted by Crippen LogP contribution is 2.19. The maximum Gasteiger partial charge on any atom is 0.252 e. The van der Waals surface area contributed by atoms with Crippen LogP contribution in [-0.2, 0) is 4.74 Å². The number of amides is 1. The summed E-state index contributed by atoms with van der Waals surface area (Å²) in [4.78, 5) is 12.2. The lowest BCUT2D eigenvalue weighted by atomic mass is 10.0. The van der Waals surface area contributed by atoms with Crippen molar-refractivity contribution in [1.82, 2.24) is 5.32 Å². The molecule has 0 aliphatic carbocycles. The van der Waals surface area contributed by atoms with Gasteiger partial charge in [0.25, 0.3) is 5.91 Å². The quantitative estimate of drug-likeness (QED) is 0.733. The first-order chi connectivity index (χ1) is 8.45. The molecule has 1 atom stereocenters. The van der Waals surface area contributed by atoms with Crippen molar-refractivity contribution in [3.05, 3.63) is 31.8 Å². The number of hydrogen-bond acceptors (Lipinski definition) is 2. The molecule has 0 fully saturated rings. The highest BCUT2D eigenvalue weighted by Gasteiger charge is 2.18. The number of methoxy groups -OCH3 is 1. The van der Waals surface area contributed by atoms with Crippen molar-refractivity contribution in [1.29, 1.82) is 0 Å². The number of halogens is 2. The van der Waals surface area contributed by atoms with Crippen molar-refractivity contribution in [3.63, 3.8) is 0 Å². The number of ether oxygens (including phenoxy) is 1. The minimum absolute atomic E-state index is 0.0206. The van der Waals surface area contributed by atoms with Crippen LogP contribution in [0.4, 0.5) is 0 Å². The van der Waals surface area contributed by atoms with Gasteiger partial charge in [0.1, 0.15) is 0 Å². The van der Waals surface area contributed by atoms with Crippen molar-refractivity contribution in [2.45, 2.75) is 19.9 Å². The van der Waals surface area contributed by atoms with E-state index in [2.05, 4.69) is 57.7 Å². The van der Waals surface area contributed by atoms with Gasteiger partial charge in [-0.1, -0.05) is 13.8 Å². The highest BCUT2D eigenvalue weighted by molar-refractivity contribution is 14.1. The Morgan fingerprint density at radius 1 is 1.50 bits per heavy atom. The average Bonchev–Trinajstić information content (AvgIpc) is 2.31. The van der Waals surface area contributed by atoms with E-state index < -0.39 is 0 Å². The van der Waals surface area contributed by atoms with E-state index in [1.165, 1.54) is 0 Å². The van der Waals surface area contributed by atoms with Crippen molar-refractivity contribution in [2.24, 2.45) is 5.92 Å². The Morgan fingerprint density at radius 2 is 2.17 bits per heavy atom. The fraction of sp³-hybridized carbons (Fsp3) is 0.462. The number of carbonyl (C=O) groups excluding carboxylic acids is 1. The molecule has 0 spiro atoms. The molecule has 1 unspecified atom stereocenters. The van der Waals surface area contributed by atoms with Crippen LogP contribution in [0.15, 0.2) is 22.7 Å². The van der Waals surface area contributed by atoms with Gasteiger partial charge in [0.2, 0.25) is 0 Å². The van der Waals surface area contributed by atoms with Crippen molar-refractivity contribution >= 4 is 44.4 Å². The first kappa shape index (κ1) is 15.9. The summed E-state index contributed by atoms with van der Waals surface area (Å²) in [7, 11) is 1.64. The van der Waals surface area contributed by atoms with Crippen LogP contribution < -0.4 is 5.32 Å². The Balaban J connectivity index is 2.83. The summed E-state index contributed by atoms with van der Waals surface area (Å²) in [5, 5.41) is 3.00. The standard InChI is InChI=1S/C13H17BrINO2/c1-8(2)12(7-18-3)16-13(17)10-6-9(15)4-5-11(10)14/h4-6,8,12H,7H2,1-3H3,(H,16,17). The Hall–Kier alpha value is -0.140. The minimum Gasteiger partial charge on any atom is -0.383 e. The van der Waals surface area contributed by atoms with Gasteiger partial charge in [-0.25, -0.2) is 0 Å². The summed E-state index contributed by atoms with van der Waals surface area (Å²) in [5.41, 5.74) is 0.656. The zero-order valence-electron chi connectivity index (χ0n) is 10.7. The summed E-state index contributed by atoms with van der Waals surface area (Å²) in [6.07, 6.45) is 0. The van der Waals surface area contributed by atoms with Crippen LogP contribution in [0.25, 0.3) is 0 Å².